The van der Waals surface area contributed by atoms with Gasteiger partial charge in [-0.15, -0.1) is 6.58 Å². The van der Waals surface area contributed by atoms with Crippen LogP contribution in [0.3, 0.4) is 0 Å². The van der Waals surface area contributed by atoms with Crippen LogP contribution in [0.25, 0.3) is 0 Å². The molecule has 2 bridgehead atoms. The second-order valence-corrected chi connectivity index (χ2v) is 17.1. The summed E-state index contributed by atoms with van der Waals surface area (Å²) >= 11 is 0. The summed E-state index contributed by atoms with van der Waals surface area (Å²) in [7, 11) is 4.78. The Hall–Kier alpha value is -2.74. The number of ketones is 2. The van der Waals surface area contributed by atoms with Gasteiger partial charge in [-0.1, -0.05) is 51.0 Å². The molecule has 12 heteroatoms. The molecule has 1 aliphatic carbocycles. The molecular weight excluding hydrogens is 718 g/mol. The number of rotatable bonds is 7. The van der Waals surface area contributed by atoms with Gasteiger partial charge >= 0.3 is 5.97 Å². The average molecular weight is 788 g/mol. The maximum absolute atomic E-state index is 14.3. The van der Waals surface area contributed by atoms with Crippen molar-refractivity contribution in [1.82, 2.24) is 4.90 Å². The molecule has 2 N–H and O–H groups in total. The molecule has 0 spiro atoms. The first-order chi connectivity index (χ1) is 26.6. The van der Waals surface area contributed by atoms with Gasteiger partial charge in [0.1, 0.15) is 24.0 Å². The molecule has 2 saturated heterocycles. The number of aliphatic hydroxyl groups excluding tert-OH is 1. The SMILES string of the molecule is C=CC[C@@H]1/C=C(\C)C[C@H](C)C[C@H](OC)[C@@H]2O[C@@](O)(C(=O)C(=O)N3CCCC[C@H]3C(=O)O[C@H](/C(C)=C/[C@@H]3CCC[C@H](OC)C3)[C@H](C)[C@H](O)CC1=O)[C@H](C)C[C@@H]2OC. The van der Waals surface area contributed by atoms with E-state index < -0.39 is 77.8 Å². The Morgan fingerprint density at radius 2 is 1.66 bits per heavy atom. The van der Waals surface area contributed by atoms with Crippen molar-refractivity contribution in [3.63, 3.8) is 0 Å². The fourth-order valence-corrected chi connectivity index (χ4v) is 9.42. The zero-order valence-corrected chi connectivity index (χ0v) is 35.1. The Kier molecular flexibility index (Phi) is 17.1. The number of ether oxygens (including phenoxy) is 5. The summed E-state index contributed by atoms with van der Waals surface area (Å²) in [6.45, 7) is 13.3. The Bertz CT molecular complexity index is 1440. The summed E-state index contributed by atoms with van der Waals surface area (Å²) in [6, 6.07) is -1.11. The molecule has 3 aliphatic heterocycles. The Morgan fingerprint density at radius 3 is 2.32 bits per heavy atom. The molecule has 0 aromatic rings. The highest BCUT2D eigenvalue weighted by Gasteiger charge is 2.56. The number of methoxy groups -OCH3 is 3. The average Bonchev–Trinajstić information content (AvgIpc) is 3.18. The number of Topliss-reactive ketones (excluding diaryl/α,β-unsaturated/α-hetero) is 2. The van der Waals surface area contributed by atoms with Crippen molar-refractivity contribution in [2.45, 2.75) is 160 Å². The summed E-state index contributed by atoms with van der Waals surface area (Å²) in [5, 5.41) is 23.7. The Balaban J connectivity index is 1.78. The number of carbonyl (C=O) groups excluding carboxylic acids is 4. The minimum atomic E-state index is -2.49. The van der Waals surface area contributed by atoms with Gasteiger partial charge in [0.05, 0.1) is 24.4 Å². The first-order valence-electron chi connectivity index (χ1n) is 20.8. The van der Waals surface area contributed by atoms with Gasteiger partial charge < -0.3 is 38.8 Å². The van der Waals surface area contributed by atoms with Gasteiger partial charge in [0.15, 0.2) is 0 Å². The van der Waals surface area contributed by atoms with E-state index >= 15 is 0 Å². The lowest BCUT2D eigenvalue weighted by Gasteiger charge is -2.47. The number of hydrogen-bond acceptors (Lipinski definition) is 11. The third kappa shape index (κ3) is 11.0. The number of piperidine rings is 1. The lowest BCUT2D eigenvalue weighted by Crippen LogP contribution is -2.64. The monoisotopic (exact) mass is 787 g/mol. The molecule has 56 heavy (non-hydrogen) atoms. The molecule has 12 nitrogen and oxygen atoms in total. The van der Waals surface area contributed by atoms with Crippen molar-refractivity contribution < 1.29 is 53.1 Å². The number of nitrogens with zero attached hydrogens (tertiary/aromatic N) is 1. The first-order valence-corrected chi connectivity index (χ1v) is 20.8. The summed E-state index contributed by atoms with van der Waals surface area (Å²) < 4.78 is 29.9. The molecule has 3 heterocycles. The highest BCUT2D eigenvalue weighted by molar-refractivity contribution is 6.39. The van der Waals surface area contributed by atoms with Gasteiger partial charge in [-0.25, -0.2) is 4.79 Å². The van der Waals surface area contributed by atoms with Crippen LogP contribution in [-0.2, 0) is 42.9 Å². The molecule has 0 unspecified atom stereocenters. The number of allylic oxidation sites excluding steroid dienone is 4. The largest absolute Gasteiger partial charge is 0.456 e. The molecule has 3 fully saturated rings. The van der Waals surface area contributed by atoms with Crippen LogP contribution in [-0.4, -0.2) is 115 Å². The van der Waals surface area contributed by atoms with Crippen LogP contribution in [0.1, 0.15) is 112 Å². The van der Waals surface area contributed by atoms with E-state index in [4.69, 9.17) is 23.7 Å². The number of hydrogen-bond donors (Lipinski definition) is 2. The predicted octanol–water partition coefficient (Wildman–Crippen LogP) is 5.67. The third-order valence-corrected chi connectivity index (χ3v) is 12.8. The van der Waals surface area contributed by atoms with Crippen molar-refractivity contribution in [2.24, 2.45) is 29.6 Å². The molecule has 13 atom stereocenters. The molecule has 0 aromatic carbocycles. The fraction of sp³-hybridized carbons (Fsp3) is 0.773. The minimum Gasteiger partial charge on any atom is -0.456 e. The standard InChI is InChI=1S/C44H69NO11/c1-10-14-32-20-26(2)19-27(3)21-37(53-8)40-38(54-9)23-29(5)44(51,56-40)41(48)42(49)45-18-12-11-17-34(45)43(50)55-39(30(6)35(46)25-36(32)47)28(4)22-31-15-13-16-33(24-31)52-7/h10,20,22,27,29-35,37-40,46,51H,1,11-19,21,23-25H2,2-9H3/b26-20+,28-22+/t27-,29+,30+,31-,32+,33-,34-,35+,37-,38-,39+,40-,44+/m0/s1. The van der Waals surface area contributed by atoms with Crippen LogP contribution in [0, 0.1) is 29.6 Å². The van der Waals surface area contributed by atoms with Crippen LogP contribution in [0.5, 0.6) is 0 Å². The number of carbonyl (C=O) groups is 4. The van der Waals surface area contributed by atoms with Crippen LogP contribution >= 0.6 is 0 Å². The number of aliphatic hydroxyl groups is 2. The van der Waals surface area contributed by atoms with Crippen LogP contribution < -0.4 is 0 Å². The minimum absolute atomic E-state index is 0.0254. The van der Waals surface area contributed by atoms with Gasteiger partial charge in [0.25, 0.3) is 11.7 Å². The second-order valence-electron chi connectivity index (χ2n) is 17.1. The van der Waals surface area contributed by atoms with Gasteiger partial charge in [-0.2, -0.15) is 0 Å². The number of esters is 1. The zero-order valence-electron chi connectivity index (χ0n) is 35.1. The summed E-state index contributed by atoms with van der Waals surface area (Å²) in [5.74, 6) is -7.33. The highest BCUT2D eigenvalue weighted by Crippen LogP contribution is 2.39. The van der Waals surface area contributed by atoms with E-state index in [1.165, 1.54) is 19.1 Å². The summed E-state index contributed by atoms with van der Waals surface area (Å²) in [4.78, 5) is 57.8. The lowest BCUT2D eigenvalue weighted by atomic mass is 9.82. The van der Waals surface area contributed by atoms with Crippen molar-refractivity contribution in [2.75, 3.05) is 27.9 Å². The Labute approximate surface area is 334 Å². The van der Waals surface area contributed by atoms with Crippen LogP contribution in [0.15, 0.2) is 36.0 Å². The highest BCUT2D eigenvalue weighted by atomic mass is 16.7. The fourth-order valence-electron chi connectivity index (χ4n) is 9.42. The topological polar surface area (TPSA) is 158 Å². The van der Waals surface area contributed by atoms with Crippen molar-refractivity contribution in [1.29, 1.82) is 0 Å². The molecule has 4 rings (SSSR count). The molecule has 0 radical (unpaired) electrons. The van der Waals surface area contributed by atoms with Gasteiger partial charge in [0, 0.05) is 52.0 Å². The molecule has 0 aromatic heterocycles. The quantitative estimate of drug-likeness (QED) is 0.186. The van der Waals surface area contributed by atoms with Gasteiger partial charge in [0.2, 0.25) is 5.79 Å². The first kappa shape index (κ1) is 46.0. The molecule has 1 amide bonds. The third-order valence-electron chi connectivity index (χ3n) is 12.8. The maximum Gasteiger partial charge on any atom is 0.329 e. The molecular formula is C44H69NO11. The van der Waals surface area contributed by atoms with Crippen molar-refractivity contribution in [3.8, 4) is 0 Å². The van der Waals surface area contributed by atoms with E-state index in [-0.39, 0.29) is 49.5 Å². The number of cyclic esters (lactones) is 1. The predicted molar refractivity (Wildman–Crippen MR) is 211 cm³/mol. The van der Waals surface area contributed by atoms with E-state index in [0.717, 1.165) is 36.8 Å². The second kappa shape index (κ2) is 20.8. The van der Waals surface area contributed by atoms with E-state index in [2.05, 4.69) is 19.6 Å². The zero-order chi connectivity index (χ0) is 41.3. The van der Waals surface area contributed by atoms with Crippen LogP contribution in [0.4, 0.5) is 0 Å². The Morgan fingerprint density at radius 1 is 0.964 bits per heavy atom. The van der Waals surface area contributed by atoms with E-state index in [0.29, 0.717) is 32.1 Å². The number of amides is 1. The smallest absolute Gasteiger partial charge is 0.329 e. The van der Waals surface area contributed by atoms with E-state index in [1.54, 1.807) is 27.0 Å². The normalized spacial score (nSPS) is 40.1. The lowest BCUT2D eigenvalue weighted by molar-refractivity contribution is -0.302. The molecule has 1 saturated carbocycles. The van der Waals surface area contributed by atoms with Crippen molar-refractivity contribution in [3.05, 3.63) is 36.0 Å². The van der Waals surface area contributed by atoms with Gasteiger partial charge in [-0.3, -0.25) is 14.4 Å². The maximum atomic E-state index is 14.3. The molecule has 4 aliphatic rings. The summed E-state index contributed by atoms with van der Waals surface area (Å²) in [5.41, 5.74) is 1.71. The van der Waals surface area contributed by atoms with E-state index in [1.807, 2.05) is 19.9 Å². The number of fused-ring (bicyclic) bond motifs is 3. The van der Waals surface area contributed by atoms with E-state index in [9.17, 15) is 29.4 Å². The van der Waals surface area contributed by atoms with Crippen LogP contribution in [0.2, 0.25) is 0 Å². The molecule has 316 valence electrons. The van der Waals surface area contributed by atoms with Crippen molar-refractivity contribution >= 4 is 23.4 Å². The van der Waals surface area contributed by atoms with Gasteiger partial charge in [-0.05, 0) is 95.5 Å². The summed E-state index contributed by atoms with van der Waals surface area (Å²) in [6.07, 6.45) is 8.43.